The van der Waals surface area contributed by atoms with Crippen molar-refractivity contribution in [3.8, 4) is 22.6 Å². The summed E-state index contributed by atoms with van der Waals surface area (Å²) < 4.78 is 22.1. The number of aliphatic hydroxyl groups excluding tert-OH is 2. The Morgan fingerprint density at radius 2 is 1.02 bits per heavy atom. The van der Waals surface area contributed by atoms with Gasteiger partial charge in [0.15, 0.2) is 0 Å². The van der Waals surface area contributed by atoms with Crippen molar-refractivity contribution < 1.29 is 38.7 Å². The monoisotopic (exact) mass is 662 g/mol. The molecule has 2 N–H and O–H groups in total. The van der Waals surface area contributed by atoms with Crippen molar-refractivity contribution in [3.05, 3.63) is 143 Å². The van der Waals surface area contributed by atoms with E-state index in [2.05, 4.69) is 73.8 Å². The number of carbonyl (C=O) groups excluding carboxylic acids is 2. The van der Waals surface area contributed by atoms with Gasteiger partial charge in [-0.15, -0.1) is 0 Å². The largest absolute Gasteiger partial charge is 0.490 e. The summed E-state index contributed by atoms with van der Waals surface area (Å²) in [6.45, 7) is 13.7. The molecule has 0 amide bonds. The Kier molecular flexibility index (Phi) is 10.7. The lowest BCUT2D eigenvalue weighted by atomic mass is 9.67. The SMILES string of the molecule is C=C(C)C(=O)OCC(O)COc1ccc(C2(c3ccc(OCC(O)COC(=O)C(=C)C)c(C)c3)c3ccccc3-c3ccccc32)cc1C. The molecule has 2 unspecified atom stereocenters. The van der Waals surface area contributed by atoms with Crippen LogP contribution < -0.4 is 9.47 Å². The number of aryl methyl sites for hydroxylation is 2. The van der Waals surface area contributed by atoms with Crippen molar-refractivity contribution in [2.45, 2.75) is 45.3 Å². The minimum absolute atomic E-state index is 0.0495. The van der Waals surface area contributed by atoms with Crippen LogP contribution >= 0.6 is 0 Å². The van der Waals surface area contributed by atoms with Crippen LogP contribution in [0.3, 0.4) is 0 Å². The zero-order valence-electron chi connectivity index (χ0n) is 28.3. The Morgan fingerprint density at radius 3 is 1.39 bits per heavy atom. The predicted molar refractivity (Wildman–Crippen MR) is 188 cm³/mol. The molecule has 2 atom stereocenters. The first-order valence-electron chi connectivity index (χ1n) is 16.1. The van der Waals surface area contributed by atoms with Crippen LogP contribution in [-0.2, 0) is 24.5 Å². The molecule has 0 fully saturated rings. The van der Waals surface area contributed by atoms with Crippen LogP contribution in [0.5, 0.6) is 11.5 Å². The van der Waals surface area contributed by atoms with Crippen LogP contribution in [0, 0.1) is 13.8 Å². The van der Waals surface area contributed by atoms with Crippen LogP contribution in [0.1, 0.15) is 47.2 Å². The van der Waals surface area contributed by atoms with Crippen LogP contribution in [0.4, 0.5) is 0 Å². The van der Waals surface area contributed by atoms with Gasteiger partial charge in [0.1, 0.15) is 50.1 Å². The van der Waals surface area contributed by atoms with E-state index in [-0.39, 0.29) is 37.6 Å². The van der Waals surface area contributed by atoms with Crippen molar-refractivity contribution in [3.63, 3.8) is 0 Å². The zero-order valence-corrected chi connectivity index (χ0v) is 28.3. The van der Waals surface area contributed by atoms with Gasteiger partial charge in [-0.25, -0.2) is 9.59 Å². The van der Waals surface area contributed by atoms with Gasteiger partial charge in [0, 0.05) is 11.1 Å². The average Bonchev–Trinajstić information content (AvgIpc) is 3.39. The number of carbonyl (C=O) groups is 2. The van der Waals surface area contributed by atoms with Crippen molar-refractivity contribution in [2.75, 3.05) is 26.4 Å². The molecule has 0 radical (unpaired) electrons. The molecule has 0 aromatic heterocycles. The molecule has 5 rings (SSSR count). The van der Waals surface area contributed by atoms with E-state index in [9.17, 15) is 19.8 Å². The molecule has 49 heavy (non-hydrogen) atoms. The molecule has 0 heterocycles. The van der Waals surface area contributed by atoms with Gasteiger partial charge in [-0.2, -0.15) is 0 Å². The maximum Gasteiger partial charge on any atom is 0.333 e. The van der Waals surface area contributed by atoms with Crippen LogP contribution in [0.25, 0.3) is 11.1 Å². The number of hydrogen-bond donors (Lipinski definition) is 2. The quantitative estimate of drug-likeness (QED) is 0.104. The fourth-order valence-corrected chi connectivity index (χ4v) is 6.17. The molecule has 0 spiro atoms. The van der Waals surface area contributed by atoms with Gasteiger partial charge in [-0.1, -0.05) is 86.0 Å². The molecule has 254 valence electrons. The smallest absolute Gasteiger partial charge is 0.333 e. The zero-order chi connectivity index (χ0) is 35.3. The first-order valence-corrected chi connectivity index (χ1v) is 16.1. The second-order valence-electron chi connectivity index (χ2n) is 12.5. The van der Waals surface area contributed by atoms with Crippen LogP contribution in [0.2, 0.25) is 0 Å². The molecule has 8 heteroatoms. The molecule has 8 nitrogen and oxygen atoms in total. The summed E-state index contributed by atoms with van der Waals surface area (Å²) in [4.78, 5) is 23.4. The first-order chi connectivity index (χ1) is 23.4. The Morgan fingerprint density at radius 1 is 0.633 bits per heavy atom. The highest BCUT2D eigenvalue weighted by Gasteiger charge is 2.46. The highest BCUT2D eigenvalue weighted by Crippen LogP contribution is 2.56. The molecule has 1 aliphatic carbocycles. The Labute approximate surface area is 287 Å². The van der Waals surface area contributed by atoms with Gasteiger partial charge in [0.2, 0.25) is 0 Å². The van der Waals surface area contributed by atoms with Gasteiger partial charge < -0.3 is 29.2 Å². The minimum atomic E-state index is -1.00. The van der Waals surface area contributed by atoms with E-state index in [1.807, 2.05) is 38.1 Å². The van der Waals surface area contributed by atoms with Crippen molar-refractivity contribution >= 4 is 11.9 Å². The van der Waals surface area contributed by atoms with Crippen LogP contribution in [0.15, 0.2) is 109 Å². The topological polar surface area (TPSA) is 112 Å². The van der Waals surface area contributed by atoms with Gasteiger partial charge in [-0.3, -0.25) is 0 Å². The summed E-state index contributed by atoms with van der Waals surface area (Å²) in [6.07, 6.45) is -2.00. The summed E-state index contributed by atoms with van der Waals surface area (Å²) in [7, 11) is 0. The molecule has 0 saturated carbocycles. The number of aliphatic hydroxyl groups is 2. The molecule has 4 aromatic rings. The van der Waals surface area contributed by atoms with E-state index in [1.165, 1.54) is 0 Å². The van der Waals surface area contributed by atoms with Gasteiger partial charge in [0.25, 0.3) is 0 Å². The number of ether oxygens (including phenoxy) is 4. The number of esters is 2. The van der Waals surface area contributed by atoms with E-state index in [0.717, 1.165) is 44.5 Å². The van der Waals surface area contributed by atoms with Gasteiger partial charge >= 0.3 is 11.9 Å². The van der Waals surface area contributed by atoms with E-state index >= 15 is 0 Å². The fraction of sp³-hybridized carbons (Fsp3) is 0.268. The molecular weight excluding hydrogens is 620 g/mol. The summed E-state index contributed by atoms with van der Waals surface area (Å²) in [5.74, 6) is 0.0967. The number of fused-ring (bicyclic) bond motifs is 3. The van der Waals surface area contributed by atoms with E-state index in [0.29, 0.717) is 11.5 Å². The minimum Gasteiger partial charge on any atom is -0.490 e. The van der Waals surface area contributed by atoms with E-state index < -0.39 is 29.6 Å². The third-order valence-electron chi connectivity index (χ3n) is 8.54. The van der Waals surface area contributed by atoms with Gasteiger partial charge in [-0.05, 0) is 84.3 Å². The molecule has 0 aliphatic heterocycles. The third kappa shape index (κ3) is 7.31. The molecule has 0 bridgehead atoms. The Balaban J connectivity index is 1.47. The maximum atomic E-state index is 11.7. The van der Waals surface area contributed by atoms with Crippen molar-refractivity contribution in [1.82, 2.24) is 0 Å². The number of rotatable bonds is 14. The summed E-state index contributed by atoms with van der Waals surface area (Å²) in [6, 6.07) is 29.0. The summed E-state index contributed by atoms with van der Waals surface area (Å²) >= 11 is 0. The first kappa shape index (κ1) is 35.1. The van der Waals surface area contributed by atoms with Crippen molar-refractivity contribution in [1.29, 1.82) is 0 Å². The predicted octanol–water partition coefficient (Wildman–Crippen LogP) is 6.38. The van der Waals surface area contributed by atoms with E-state index in [1.54, 1.807) is 13.8 Å². The Hall–Kier alpha value is -5.18. The maximum absolute atomic E-state index is 11.7. The molecule has 1 aliphatic rings. The van der Waals surface area contributed by atoms with Crippen molar-refractivity contribution in [2.24, 2.45) is 0 Å². The van der Waals surface area contributed by atoms with E-state index in [4.69, 9.17) is 18.9 Å². The highest BCUT2D eigenvalue weighted by atomic mass is 16.6. The average molecular weight is 663 g/mol. The molecular formula is C41H42O8. The number of benzene rings is 4. The molecule has 0 saturated heterocycles. The number of hydrogen-bond acceptors (Lipinski definition) is 8. The highest BCUT2D eigenvalue weighted by molar-refractivity contribution is 5.88. The summed E-state index contributed by atoms with van der Waals surface area (Å²) in [5.41, 5.74) is 8.25. The Bertz CT molecular complexity index is 1750. The van der Waals surface area contributed by atoms with Crippen LogP contribution in [-0.4, -0.2) is 60.8 Å². The lowest BCUT2D eigenvalue weighted by Crippen LogP contribution is -2.29. The fourth-order valence-electron chi connectivity index (χ4n) is 6.17. The normalized spacial score (nSPS) is 13.8. The standard InChI is InChI=1S/C41H42O8/c1-25(2)39(44)48-23-31(42)21-46-37-17-15-29(19-27(37)5)41(35-13-9-7-11-33(35)34-12-8-10-14-36(34)41)30-16-18-38(28(6)20-30)47-22-32(43)24-49-40(45)26(3)4/h7-20,31-32,42-43H,1,3,21-24H2,2,4-6H3. The van der Waals surface area contributed by atoms with Gasteiger partial charge in [0.05, 0.1) is 5.41 Å². The lowest BCUT2D eigenvalue weighted by molar-refractivity contribution is -0.143. The molecule has 4 aromatic carbocycles. The lowest BCUT2D eigenvalue weighted by Gasteiger charge is -2.34. The second kappa shape index (κ2) is 14.9. The second-order valence-corrected chi connectivity index (χ2v) is 12.5. The third-order valence-corrected chi connectivity index (χ3v) is 8.54. The summed E-state index contributed by atoms with van der Waals surface area (Å²) in [5, 5.41) is 20.7.